The summed E-state index contributed by atoms with van der Waals surface area (Å²) in [7, 11) is 1.13. The molecule has 9 nitrogen and oxygen atoms in total. The first-order valence-electron chi connectivity index (χ1n) is 7.82. The molecule has 1 aliphatic heterocycles. The third kappa shape index (κ3) is 4.54. The van der Waals surface area contributed by atoms with E-state index >= 15 is 0 Å². The molecule has 0 saturated heterocycles. The SMILES string of the molecule is C=C1NC(=O)NC(C(=O)N[C@H](C)COc2cccc(F)c2C(=O)OC)=C1N. The molecule has 10 heteroatoms. The molecule has 3 amide bonds. The molecule has 1 aromatic carbocycles. The Bertz CT molecular complexity index is 837. The molecule has 27 heavy (non-hydrogen) atoms. The summed E-state index contributed by atoms with van der Waals surface area (Å²) in [6, 6.07) is 2.69. The van der Waals surface area contributed by atoms with Crippen molar-refractivity contribution in [2.75, 3.05) is 13.7 Å². The largest absolute Gasteiger partial charge is 0.490 e. The highest BCUT2D eigenvalue weighted by Crippen LogP contribution is 2.22. The number of nitrogens with two attached hydrogens (primary N) is 1. The summed E-state index contributed by atoms with van der Waals surface area (Å²) in [5, 5.41) is 7.20. The molecule has 0 aromatic heterocycles. The van der Waals surface area contributed by atoms with E-state index in [9.17, 15) is 18.8 Å². The molecule has 1 atom stereocenters. The van der Waals surface area contributed by atoms with Crippen molar-refractivity contribution in [1.82, 2.24) is 16.0 Å². The van der Waals surface area contributed by atoms with E-state index in [2.05, 4.69) is 27.3 Å². The zero-order valence-corrected chi connectivity index (χ0v) is 14.7. The summed E-state index contributed by atoms with van der Waals surface area (Å²) in [6.07, 6.45) is 0. The van der Waals surface area contributed by atoms with E-state index in [1.165, 1.54) is 12.1 Å². The zero-order valence-electron chi connectivity index (χ0n) is 14.7. The number of benzene rings is 1. The molecule has 1 aromatic rings. The van der Waals surface area contributed by atoms with Gasteiger partial charge < -0.3 is 31.2 Å². The number of esters is 1. The lowest BCUT2D eigenvalue weighted by Crippen LogP contribution is -2.49. The predicted octanol–water partition coefficient (Wildman–Crippen LogP) is 0.493. The van der Waals surface area contributed by atoms with Crippen LogP contribution in [0.25, 0.3) is 0 Å². The van der Waals surface area contributed by atoms with Crippen molar-refractivity contribution in [3.63, 3.8) is 0 Å². The quantitative estimate of drug-likeness (QED) is 0.533. The average Bonchev–Trinajstić information content (AvgIpc) is 2.62. The van der Waals surface area contributed by atoms with Gasteiger partial charge in [-0.1, -0.05) is 12.6 Å². The molecule has 144 valence electrons. The van der Waals surface area contributed by atoms with Crippen molar-refractivity contribution in [1.29, 1.82) is 0 Å². The third-order valence-electron chi connectivity index (χ3n) is 3.56. The Balaban J connectivity index is 2.04. The minimum Gasteiger partial charge on any atom is -0.490 e. The fourth-order valence-corrected chi connectivity index (χ4v) is 2.22. The van der Waals surface area contributed by atoms with Gasteiger partial charge in [-0.3, -0.25) is 4.79 Å². The van der Waals surface area contributed by atoms with Crippen molar-refractivity contribution >= 4 is 17.9 Å². The minimum atomic E-state index is -0.881. The Kier molecular flexibility index (Phi) is 6.01. The molecule has 0 unspecified atom stereocenters. The number of halogens is 1. The summed E-state index contributed by atoms with van der Waals surface area (Å²) in [5.74, 6) is -2.34. The van der Waals surface area contributed by atoms with Crippen LogP contribution in [0.2, 0.25) is 0 Å². The van der Waals surface area contributed by atoms with Crippen molar-refractivity contribution in [3.8, 4) is 5.75 Å². The molecule has 0 fully saturated rings. The Morgan fingerprint density at radius 3 is 2.74 bits per heavy atom. The van der Waals surface area contributed by atoms with Gasteiger partial charge in [0, 0.05) is 0 Å². The number of methoxy groups -OCH3 is 1. The summed E-state index contributed by atoms with van der Waals surface area (Å²) in [4.78, 5) is 35.4. The lowest BCUT2D eigenvalue weighted by atomic mass is 10.2. The standard InChI is InChI=1S/C17H19FN4O5/c1-8(20-15(23)14-13(19)9(2)21-17(25)22-14)7-27-11-6-4-5-10(18)12(11)16(24)26-3/h4-6,8H,2,7,19H2,1,3H3,(H,20,23)(H2,21,22,25)/t8-/m1/s1. The molecule has 5 N–H and O–H groups in total. The second-order valence-electron chi connectivity index (χ2n) is 5.64. The van der Waals surface area contributed by atoms with Gasteiger partial charge in [0.25, 0.3) is 5.91 Å². The molecular formula is C17H19FN4O5. The fourth-order valence-electron chi connectivity index (χ4n) is 2.22. The minimum absolute atomic E-state index is 0.00155. The van der Waals surface area contributed by atoms with Crippen LogP contribution in [0.4, 0.5) is 9.18 Å². The van der Waals surface area contributed by atoms with E-state index in [1.54, 1.807) is 6.92 Å². The summed E-state index contributed by atoms with van der Waals surface area (Å²) < 4.78 is 23.8. The van der Waals surface area contributed by atoms with Crippen molar-refractivity contribution in [3.05, 3.63) is 53.2 Å². The first kappa shape index (κ1) is 19.8. The lowest BCUT2D eigenvalue weighted by Gasteiger charge is -2.22. The number of carbonyl (C=O) groups is 3. The first-order valence-corrected chi connectivity index (χ1v) is 7.82. The van der Waals surface area contributed by atoms with Gasteiger partial charge in [-0.15, -0.1) is 0 Å². The van der Waals surface area contributed by atoms with Crippen molar-refractivity contribution < 1.29 is 28.2 Å². The smallest absolute Gasteiger partial charge is 0.344 e. The molecule has 0 radical (unpaired) electrons. The molecule has 0 aliphatic carbocycles. The van der Waals surface area contributed by atoms with E-state index < -0.39 is 29.8 Å². The van der Waals surface area contributed by atoms with Crippen LogP contribution in [0, 0.1) is 5.82 Å². The topological polar surface area (TPSA) is 132 Å². The Morgan fingerprint density at radius 1 is 1.37 bits per heavy atom. The van der Waals surface area contributed by atoms with Crippen LogP contribution in [-0.4, -0.2) is 37.7 Å². The van der Waals surface area contributed by atoms with Gasteiger partial charge in [-0.25, -0.2) is 14.0 Å². The Labute approximate surface area is 154 Å². The number of amides is 3. The van der Waals surface area contributed by atoms with Gasteiger partial charge in [0.15, 0.2) is 0 Å². The maximum atomic E-state index is 13.9. The number of urea groups is 1. The first-order chi connectivity index (χ1) is 12.7. The van der Waals surface area contributed by atoms with E-state index in [0.29, 0.717) is 0 Å². The molecule has 1 heterocycles. The van der Waals surface area contributed by atoms with Crippen LogP contribution >= 0.6 is 0 Å². The van der Waals surface area contributed by atoms with E-state index in [-0.39, 0.29) is 35.0 Å². The maximum Gasteiger partial charge on any atom is 0.344 e. The summed E-state index contributed by atoms with van der Waals surface area (Å²) in [5.41, 5.74) is 5.35. The van der Waals surface area contributed by atoms with Gasteiger partial charge in [-0.05, 0) is 19.1 Å². The van der Waals surface area contributed by atoms with Gasteiger partial charge in [0.2, 0.25) is 0 Å². The van der Waals surface area contributed by atoms with Crippen LogP contribution in [0.3, 0.4) is 0 Å². The second-order valence-corrected chi connectivity index (χ2v) is 5.64. The van der Waals surface area contributed by atoms with Gasteiger partial charge in [-0.2, -0.15) is 0 Å². The van der Waals surface area contributed by atoms with E-state index in [4.69, 9.17) is 10.5 Å². The van der Waals surface area contributed by atoms with Gasteiger partial charge in [0.05, 0.1) is 24.5 Å². The van der Waals surface area contributed by atoms with Gasteiger partial charge in [0.1, 0.15) is 29.4 Å². The number of nitrogens with one attached hydrogen (secondary N) is 3. The van der Waals surface area contributed by atoms with Crippen LogP contribution in [0.5, 0.6) is 5.75 Å². The van der Waals surface area contributed by atoms with Crippen LogP contribution in [-0.2, 0) is 9.53 Å². The number of carbonyl (C=O) groups excluding carboxylic acids is 3. The highest BCUT2D eigenvalue weighted by molar-refractivity contribution is 6.00. The molecule has 0 spiro atoms. The van der Waals surface area contributed by atoms with Crippen LogP contribution in [0.1, 0.15) is 17.3 Å². The Morgan fingerprint density at radius 2 is 2.07 bits per heavy atom. The molecule has 0 saturated carbocycles. The van der Waals surface area contributed by atoms with Crippen molar-refractivity contribution in [2.24, 2.45) is 5.73 Å². The van der Waals surface area contributed by atoms with Crippen LogP contribution < -0.4 is 26.4 Å². The maximum absolute atomic E-state index is 13.9. The Hall–Kier alpha value is -3.56. The summed E-state index contributed by atoms with van der Waals surface area (Å²) >= 11 is 0. The molecular weight excluding hydrogens is 359 g/mol. The van der Waals surface area contributed by atoms with Crippen LogP contribution in [0.15, 0.2) is 41.9 Å². The normalized spacial score (nSPS) is 14.8. The number of hydrogen-bond acceptors (Lipinski definition) is 6. The number of ether oxygens (including phenoxy) is 2. The van der Waals surface area contributed by atoms with Crippen molar-refractivity contribution in [2.45, 2.75) is 13.0 Å². The van der Waals surface area contributed by atoms with Gasteiger partial charge >= 0.3 is 12.0 Å². The average molecular weight is 378 g/mol. The predicted molar refractivity (Wildman–Crippen MR) is 92.9 cm³/mol. The lowest BCUT2D eigenvalue weighted by molar-refractivity contribution is -0.118. The van der Waals surface area contributed by atoms with E-state index in [0.717, 1.165) is 13.2 Å². The molecule has 1 aliphatic rings. The second kappa shape index (κ2) is 8.21. The zero-order chi connectivity index (χ0) is 20.1. The number of hydrogen-bond donors (Lipinski definition) is 4. The van der Waals surface area contributed by atoms with E-state index in [1.807, 2.05) is 0 Å². The summed E-state index contributed by atoms with van der Waals surface area (Å²) in [6.45, 7) is 5.07. The highest BCUT2D eigenvalue weighted by atomic mass is 19.1. The fraction of sp³-hybridized carbons (Fsp3) is 0.235. The highest BCUT2D eigenvalue weighted by Gasteiger charge is 2.25. The monoisotopic (exact) mass is 378 g/mol. The molecule has 0 bridgehead atoms. The molecule has 2 rings (SSSR count). The third-order valence-corrected chi connectivity index (χ3v) is 3.56. The number of rotatable bonds is 6.